The molecule has 0 rings (SSSR count). The van der Waals surface area contributed by atoms with E-state index in [1.807, 2.05) is 0 Å². The van der Waals surface area contributed by atoms with E-state index in [1.54, 1.807) is 0 Å². The van der Waals surface area contributed by atoms with Gasteiger partial charge < -0.3 is 0 Å². The van der Waals surface area contributed by atoms with E-state index in [-0.39, 0.29) is 115 Å². The summed E-state index contributed by atoms with van der Waals surface area (Å²) in [7, 11) is 0. The van der Waals surface area contributed by atoms with Crippen LogP contribution in [0.4, 0.5) is 0 Å². The van der Waals surface area contributed by atoms with Crippen LogP contribution in [0.5, 0.6) is 0 Å². The van der Waals surface area contributed by atoms with Gasteiger partial charge in [-0.05, 0) is 0 Å². The standard InChI is InChI=1S/6ClH.Nd/h6*1H;. The molecule has 0 spiro atoms. The van der Waals surface area contributed by atoms with Gasteiger partial charge in [0.25, 0.3) is 0 Å². The first-order valence-electron chi connectivity index (χ1n) is 0. The summed E-state index contributed by atoms with van der Waals surface area (Å²) in [5.74, 6) is 0. The minimum Gasteiger partial charge on any atom is -0.147 e. The van der Waals surface area contributed by atoms with E-state index in [9.17, 15) is 0 Å². The van der Waals surface area contributed by atoms with Gasteiger partial charge in [-0.2, -0.15) is 0 Å². The molecule has 0 saturated carbocycles. The minimum atomic E-state index is 0. The third-order valence-corrected chi connectivity index (χ3v) is 0. The Morgan fingerprint density at radius 3 is 0.286 bits per heavy atom. The van der Waals surface area contributed by atoms with Gasteiger partial charge in [-0.15, -0.1) is 74.4 Å². The van der Waals surface area contributed by atoms with Gasteiger partial charge in [0.1, 0.15) is 0 Å². The average Bonchev–Trinajstić information content (AvgIpc) is 0. The third kappa shape index (κ3) is 47.8. The van der Waals surface area contributed by atoms with E-state index < -0.39 is 0 Å². The van der Waals surface area contributed by atoms with E-state index >= 15 is 0 Å². The zero-order valence-corrected chi connectivity index (χ0v) is 11.1. The largest absolute Gasteiger partial charge is 0.147 e. The summed E-state index contributed by atoms with van der Waals surface area (Å²) in [5, 5.41) is 0. The van der Waals surface area contributed by atoms with Crippen molar-refractivity contribution in [2.45, 2.75) is 0 Å². The number of rotatable bonds is 0. The Balaban J connectivity index is 0. The van der Waals surface area contributed by atoms with Crippen molar-refractivity contribution in [3.8, 4) is 0 Å². The second-order valence-corrected chi connectivity index (χ2v) is 0. The quantitative estimate of drug-likeness (QED) is 0.621. The maximum absolute atomic E-state index is 0. The van der Waals surface area contributed by atoms with Crippen molar-refractivity contribution >= 4 is 74.4 Å². The van der Waals surface area contributed by atoms with E-state index in [1.165, 1.54) is 0 Å². The summed E-state index contributed by atoms with van der Waals surface area (Å²) < 4.78 is 0. The maximum atomic E-state index is 0. The molecule has 0 aliphatic heterocycles. The molecule has 0 aromatic carbocycles. The molecule has 0 aliphatic carbocycles. The van der Waals surface area contributed by atoms with Crippen LogP contribution in [0.25, 0.3) is 0 Å². The van der Waals surface area contributed by atoms with E-state index in [2.05, 4.69) is 0 Å². The molecule has 7 heavy (non-hydrogen) atoms. The van der Waals surface area contributed by atoms with Gasteiger partial charge in [-0.1, -0.05) is 0 Å². The molecule has 0 aliphatic rings. The summed E-state index contributed by atoms with van der Waals surface area (Å²) in [4.78, 5) is 0. The molecule has 0 unspecified atom stereocenters. The van der Waals surface area contributed by atoms with Gasteiger partial charge in [-0.3, -0.25) is 0 Å². The van der Waals surface area contributed by atoms with Crippen LogP contribution in [-0.4, -0.2) is 0 Å². The van der Waals surface area contributed by atoms with Crippen molar-refractivity contribution in [1.82, 2.24) is 0 Å². The molecule has 0 amide bonds. The molecule has 0 saturated heterocycles. The average molecular weight is 363 g/mol. The van der Waals surface area contributed by atoms with Gasteiger partial charge in [0.05, 0.1) is 0 Å². The molecule has 52 valence electrons. The molecule has 7 heteroatoms. The molecule has 0 aromatic rings. The summed E-state index contributed by atoms with van der Waals surface area (Å²) in [6, 6.07) is 0. The second kappa shape index (κ2) is 62.3. The van der Waals surface area contributed by atoms with E-state index in [0.29, 0.717) is 0 Å². The van der Waals surface area contributed by atoms with Gasteiger partial charge in [0, 0.05) is 40.8 Å². The Bertz CT molecular complexity index is 4.14. The van der Waals surface area contributed by atoms with Crippen molar-refractivity contribution < 1.29 is 40.8 Å². The van der Waals surface area contributed by atoms with Crippen LogP contribution in [0.3, 0.4) is 0 Å². The van der Waals surface area contributed by atoms with Crippen molar-refractivity contribution in [2.75, 3.05) is 0 Å². The number of halogens is 6. The Labute approximate surface area is 113 Å². The van der Waals surface area contributed by atoms with Crippen molar-refractivity contribution in [2.24, 2.45) is 0 Å². The molecule has 0 heterocycles. The van der Waals surface area contributed by atoms with Gasteiger partial charge >= 0.3 is 0 Å². The summed E-state index contributed by atoms with van der Waals surface area (Å²) in [6.45, 7) is 0. The smallest absolute Gasteiger partial charge is 0 e. The SMILES string of the molecule is Cl.Cl.Cl.Cl.Cl.Cl.[Nd]. The molecule has 0 nitrogen and oxygen atoms in total. The Hall–Kier alpha value is 3.09. The minimum absolute atomic E-state index is 0. The van der Waals surface area contributed by atoms with Crippen LogP contribution >= 0.6 is 74.4 Å². The van der Waals surface area contributed by atoms with Crippen LogP contribution in [0.15, 0.2) is 0 Å². The molecule has 0 atom stereocenters. The first-order valence-corrected chi connectivity index (χ1v) is 0. The predicted molar refractivity (Wildman–Crippen MR) is 43.5 cm³/mol. The molecule has 0 fully saturated rings. The van der Waals surface area contributed by atoms with Gasteiger partial charge in [0.15, 0.2) is 0 Å². The molecule has 0 aromatic heterocycles. The third-order valence-electron chi connectivity index (χ3n) is 0. The van der Waals surface area contributed by atoms with Gasteiger partial charge in [-0.25, -0.2) is 0 Å². The van der Waals surface area contributed by atoms with E-state index in [4.69, 9.17) is 0 Å². The van der Waals surface area contributed by atoms with Gasteiger partial charge in [0.2, 0.25) is 0 Å². The van der Waals surface area contributed by atoms with E-state index in [0.717, 1.165) is 0 Å². The zero-order chi connectivity index (χ0) is 0. The van der Waals surface area contributed by atoms with Crippen LogP contribution in [0, 0.1) is 40.8 Å². The molecule has 0 radical (unpaired) electrons. The molecule has 0 N–H and O–H groups in total. The predicted octanol–water partition coefficient (Wildman–Crippen LogP) is 2.53. The fraction of sp³-hybridized carbons (Fsp3) is 0. The number of hydrogen-bond donors (Lipinski definition) is 0. The summed E-state index contributed by atoms with van der Waals surface area (Å²) >= 11 is 0. The maximum Gasteiger partial charge on any atom is 0 e. The fourth-order valence-electron chi connectivity index (χ4n) is 0. The molecule has 0 bridgehead atoms. The first-order chi connectivity index (χ1) is 0. The van der Waals surface area contributed by atoms with Crippen molar-refractivity contribution in [3.05, 3.63) is 0 Å². The normalized spacial score (nSPS) is 0. The second-order valence-electron chi connectivity index (χ2n) is 0. The Morgan fingerprint density at radius 1 is 0.286 bits per heavy atom. The Kier molecular flexibility index (Phi) is 777. The number of hydrogen-bond acceptors (Lipinski definition) is 0. The zero-order valence-electron chi connectivity index (χ0n) is 2.95. The van der Waals surface area contributed by atoms with Crippen LogP contribution in [-0.2, 0) is 0 Å². The summed E-state index contributed by atoms with van der Waals surface area (Å²) in [6.07, 6.45) is 0. The topological polar surface area (TPSA) is 0 Å². The van der Waals surface area contributed by atoms with Crippen molar-refractivity contribution in [1.29, 1.82) is 0 Å². The summed E-state index contributed by atoms with van der Waals surface area (Å²) in [5.41, 5.74) is 0. The van der Waals surface area contributed by atoms with Crippen LogP contribution in [0.1, 0.15) is 0 Å². The van der Waals surface area contributed by atoms with Crippen LogP contribution < -0.4 is 0 Å². The van der Waals surface area contributed by atoms with Crippen molar-refractivity contribution in [3.63, 3.8) is 0 Å². The first kappa shape index (κ1) is 87.3. The molecular formula is H6Cl6Nd. The molecular weight excluding hydrogens is 357 g/mol. The fourth-order valence-corrected chi connectivity index (χ4v) is 0. The van der Waals surface area contributed by atoms with Crippen LogP contribution in [0.2, 0.25) is 0 Å². The monoisotopic (exact) mass is 358 g/mol. The Morgan fingerprint density at radius 2 is 0.286 bits per heavy atom.